The standard InChI is InChI=1S/C23H35N3OS/c1-16(2)19-12-14-21(15-13-19)26(18(4)27)22-17(3)28-23(25(22)5)24-20-10-8-6-7-9-11-20/h12-17,20,22H,6-11H2,1-5H3. The van der Waals surface area contributed by atoms with E-state index in [2.05, 4.69) is 57.0 Å². The molecule has 2 unspecified atom stereocenters. The number of aliphatic imine (C=N–C) groups is 1. The van der Waals surface area contributed by atoms with E-state index in [1.165, 1.54) is 44.1 Å². The highest BCUT2D eigenvalue weighted by Crippen LogP contribution is 2.36. The van der Waals surface area contributed by atoms with Gasteiger partial charge in [-0.3, -0.25) is 14.7 Å². The van der Waals surface area contributed by atoms with Gasteiger partial charge in [-0.2, -0.15) is 0 Å². The second kappa shape index (κ2) is 9.34. The molecule has 4 nitrogen and oxygen atoms in total. The maximum atomic E-state index is 12.6. The third-order valence-corrected chi connectivity index (χ3v) is 7.19. The van der Waals surface area contributed by atoms with Crippen molar-refractivity contribution in [1.29, 1.82) is 0 Å². The van der Waals surface area contributed by atoms with Crippen molar-refractivity contribution in [2.75, 3.05) is 11.9 Å². The van der Waals surface area contributed by atoms with Gasteiger partial charge in [0.15, 0.2) is 5.17 Å². The van der Waals surface area contributed by atoms with Gasteiger partial charge >= 0.3 is 0 Å². The van der Waals surface area contributed by atoms with Crippen LogP contribution in [-0.4, -0.2) is 40.5 Å². The first-order valence-electron chi connectivity index (χ1n) is 10.8. The Labute approximate surface area is 174 Å². The van der Waals surface area contributed by atoms with Crippen LogP contribution in [-0.2, 0) is 4.79 Å². The summed E-state index contributed by atoms with van der Waals surface area (Å²) in [6.45, 7) is 8.26. The summed E-state index contributed by atoms with van der Waals surface area (Å²) in [5, 5.41) is 1.37. The number of hydrogen-bond donors (Lipinski definition) is 0. The van der Waals surface area contributed by atoms with Crippen molar-refractivity contribution in [2.45, 2.75) is 89.6 Å². The molecule has 1 saturated carbocycles. The van der Waals surface area contributed by atoms with Gasteiger partial charge in [0.1, 0.15) is 6.17 Å². The number of nitrogens with zero attached hydrogens (tertiary/aromatic N) is 3. The van der Waals surface area contributed by atoms with Crippen LogP contribution in [0.15, 0.2) is 29.3 Å². The molecule has 0 bridgehead atoms. The lowest BCUT2D eigenvalue weighted by molar-refractivity contribution is -0.117. The van der Waals surface area contributed by atoms with Gasteiger partial charge < -0.3 is 4.90 Å². The number of anilines is 1. The third kappa shape index (κ3) is 4.73. The van der Waals surface area contributed by atoms with Gasteiger partial charge in [-0.15, -0.1) is 0 Å². The quantitative estimate of drug-likeness (QED) is 0.613. The first kappa shape index (κ1) is 21.2. The zero-order valence-corrected chi connectivity index (χ0v) is 18.8. The van der Waals surface area contributed by atoms with Crippen molar-refractivity contribution in [3.63, 3.8) is 0 Å². The fraction of sp³-hybridized carbons (Fsp3) is 0.652. The Kier molecular flexibility index (Phi) is 7.08. The van der Waals surface area contributed by atoms with Crippen molar-refractivity contribution in [3.05, 3.63) is 29.8 Å². The minimum atomic E-state index is -0.00284. The number of thioether (sulfide) groups is 1. The van der Waals surface area contributed by atoms with Gasteiger partial charge in [0.25, 0.3) is 0 Å². The number of benzene rings is 1. The molecule has 1 aliphatic heterocycles. The van der Waals surface area contributed by atoms with E-state index in [0.717, 1.165) is 10.9 Å². The smallest absolute Gasteiger partial charge is 0.225 e. The van der Waals surface area contributed by atoms with Crippen molar-refractivity contribution in [3.8, 4) is 0 Å². The van der Waals surface area contributed by atoms with Crippen LogP contribution < -0.4 is 4.90 Å². The molecule has 3 rings (SSSR count). The molecule has 0 aromatic heterocycles. The lowest BCUT2D eigenvalue weighted by Crippen LogP contribution is -2.50. The molecule has 1 saturated heterocycles. The van der Waals surface area contributed by atoms with Crippen LogP contribution in [0.1, 0.15) is 77.7 Å². The third-order valence-electron chi connectivity index (χ3n) is 5.97. The average Bonchev–Trinajstić information content (AvgIpc) is 2.84. The first-order chi connectivity index (χ1) is 13.4. The minimum absolute atomic E-state index is 0.00284. The molecular formula is C23H35N3OS. The summed E-state index contributed by atoms with van der Waals surface area (Å²) in [5.74, 6) is 0.569. The molecule has 2 aliphatic rings. The topological polar surface area (TPSA) is 35.9 Å². The molecule has 1 aliphatic carbocycles. The monoisotopic (exact) mass is 401 g/mol. The number of amides is 1. The zero-order valence-electron chi connectivity index (χ0n) is 18.0. The van der Waals surface area contributed by atoms with Crippen LogP contribution >= 0.6 is 11.8 Å². The van der Waals surface area contributed by atoms with Gasteiger partial charge in [-0.1, -0.05) is 63.4 Å². The molecule has 1 aromatic rings. The number of amidine groups is 1. The lowest BCUT2D eigenvalue weighted by atomic mass is 10.0. The molecule has 1 amide bonds. The summed E-state index contributed by atoms with van der Waals surface area (Å²) in [7, 11) is 2.09. The Morgan fingerprint density at radius 2 is 1.75 bits per heavy atom. The fourth-order valence-electron chi connectivity index (χ4n) is 4.33. The molecule has 0 N–H and O–H groups in total. The summed E-state index contributed by atoms with van der Waals surface area (Å²) >= 11 is 1.81. The summed E-state index contributed by atoms with van der Waals surface area (Å²) in [5.41, 5.74) is 2.27. The van der Waals surface area contributed by atoms with E-state index >= 15 is 0 Å². The number of rotatable bonds is 4. The Morgan fingerprint density at radius 1 is 1.14 bits per heavy atom. The van der Waals surface area contributed by atoms with Gasteiger partial charge in [-0.05, 0) is 43.4 Å². The van der Waals surface area contributed by atoms with E-state index in [9.17, 15) is 4.79 Å². The first-order valence-corrected chi connectivity index (χ1v) is 11.6. The maximum absolute atomic E-state index is 12.6. The molecule has 154 valence electrons. The molecule has 0 spiro atoms. The highest BCUT2D eigenvalue weighted by atomic mass is 32.2. The number of hydrogen-bond acceptors (Lipinski definition) is 3. The van der Waals surface area contributed by atoms with E-state index in [1.807, 2.05) is 16.7 Å². The fourth-order valence-corrected chi connectivity index (χ4v) is 5.57. The lowest BCUT2D eigenvalue weighted by Gasteiger charge is -2.35. The van der Waals surface area contributed by atoms with Crippen molar-refractivity contribution in [1.82, 2.24) is 4.90 Å². The molecule has 5 heteroatoms. The average molecular weight is 402 g/mol. The maximum Gasteiger partial charge on any atom is 0.225 e. The summed E-state index contributed by atoms with van der Waals surface area (Å²) < 4.78 is 0. The van der Waals surface area contributed by atoms with Crippen LogP contribution in [0.25, 0.3) is 0 Å². The summed E-state index contributed by atoms with van der Waals surface area (Å²) in [4.78, 5) is 21.9. The molecule has 1 aromatic carbocycles. The highest BCUT2D eigenvalue weighted by molar-refractivity contribution is 8.14. The van der Waals surface area contributed by atoms with Gasteiger partial charge in [0, 0.05) is 24.9 Å². The van der Waals surface area contributed by atoms with Gasteiger partial charge in [0.05, 0.1) is 6.04 Å². The largest absolute Gasteiger partial charge is 0.333 e. The highest BCUT2D eigenvalue weighted by Gasteiger charge is 2.40. The number of carbonyl (C=O) groups is 1. The van der Waals surface area contributed by atoms with E-state index in [1.54, 1.807) is 6.92 Å². The van der Waals surface area contributed by atoms with E-state index in [-0.39, 0.29) is 17.3 Å². The van der Waals surface area contributed by atoms with Crippen LogP contribution in [0.4, 0.5) is 5.69 Å². The van der Waals surface area contributed by atoms with Crippen molar-refractivity contribution in [2.24, 2.45) is 4.99 Å². The second-order valence-electron chi connectivity index (χ2n) is 8.54. The summed E-state index contributed by atoms with van der Waals surface area (Å²) in [6.07, 6.45) is 7.65. The van der Waals surface area contributed by atoms with Crippen LogP contribution in [0.3, 0.4) is 0 Å². The number of carbonyl (C=O) groups excluding carboxylic acids is 1. The van der Waals surface area contributed by atoms with Crippen LogP contribution in [0.2, 0.25) is 0 Å². The summed E-state index contributed by atoms with van der Waals surface area (Å²) in [6, 6.07) is 8.89. The molecule has 2 fully saturated rings. The predicted octanol–water partition coefficient (Wildman–Crippen LogP) is 5.63. The Balaban J connectivity index is 1.83. The van der Waals surface area contributed by atoms with Crippen LogP contribution in [0.5, 0.6) is 0 Å². The normalized spacial score (nSPS) is 25.4. The minimum Gasteiger partial charge on any atom is -0.333 e. The molecule has 28 heavy (non-hydrogen) atoms. The molecule has 1 heterocycles. The van der Waals surface area contributed by atoms with E-state index < -0.39 is 0 Å². The van der Waals surface area contributed by atoms with Crippen molar-refractivity contribution < 1.29 is 4.79 Å². The van der Waals surface area contributed by atoms with E-state index in [4.69, 9.17) is 4.99 Å². The molecule has 2 atom stereocenters. The predicted molar refractivity (Wildman–Crippen MR) is 121 cm³/mol. The zero-order chi connectivity index (χ0) is 20.3. The SMILES string of the molecule is CC(=O)N(c1ccc(C(C)C)cc1)C1C(C)SC(=NC2CCCCCC2)N1C. The van der Waals surface area contributed by atoms with Crippen LogP contribution in [0, 0.1) is 0 Å². The Bertz CT molecular complexity index is 692. The molecular weight excluding hydrogens is 366 g/mol. The van der Waals surface area contributed by atoms with E-state index in [0.29, 0.717) is 12.0 Å². The van der Waals surface area contributed by atoms with Crippen molar-refractivity contribution >= 4 is 28.5 Å². The van der Waals surface area contributed by atoms with Gasteiger partial charge in [0.2, 0.25) is 5.91 Å². The molecule has 0 radical (unpaired) electrons. The van der Waals surface area contributed by atoms with Gasteiger partial charge in [-0.25, -0.2) is 0 Å². The Morgan fingerprint density at radius 3 is 2.29 bits per heavy atom. The Hall–Kier alpha value is -1.49. The second-order valence-corrected chi connectivity index (χ2v) is 9.88.